The molecule has 3 aromatic rings. The van der Waals surface area contributed by atoms with Gasteiger partial charge in [-0.05, 0) is 66.8 Å². The average molecular weight is 565 g/mol. The predicted molar refractivity (Wildman–Crippen MR) is 160 cm³/mol. The van der Waals surface area contributed by atoms with E-state index in [1.165, 1.54) is 35.8 Å². The Morgan fingerprint density at radius 1 is 1.08 bits per heavy atom. The molecule has 1 aromatic heterocycles. The van der Waals surface area contributed by atoms with Gasteiger partial charge in [-0.25, -0.2) is 4.79 Å². The predicted octanol–water partition coefficient (Wildman–Crippen LogP) is 7.30. The Morgan fingerprint density at radius 3 is 2.51 bits per heavy atom. The molecule has 2 amide bonds. The molecule has 1 aliphatic rings. The summed E-state index contributed by atoms with van der Waals surface area (Å²) < 4.78 is 5.10. The number of hydrogen-bond donors (Lipinski definition) is 2. The first-order valence-electron chi connectivity index (χ1n) is 13.2. The molecular weight excluding hydrogens is 528 g/mol. The number of rotatable bonds is 8. The van der Waals surface area contributed by atoms with Gasteiger partial charge in [0.05, 0.1) is 17.9 Å². The average Bonchev–Trinajstić information content (AvgIpc) is 3.24. The molecule has 2 unspecified atom stereocenters. The smallest absolute Gasteiger partial charge is 0.341 e. The largest absolute Gasteiger partial charge is 0.465 e. The van der Waals surface area contributed by atoms with E-state index in [1.54, 1.807) is 0 Å². The highest BCUT2D eigenvalue weighted by atomic mass is 32.2. The van der Waals surface area contributed by atoms with Crippen LogP contribution in [0.15, 0.2) is 59.5 Å². The molecule has 2 atom stereocenters. The number of ether oxygens (including phenoxy) is 1. The van der Waals surface area contributed by atoms with Gasteiger partial charge in [0, 0.05) is 21.9 Å². The van der Waals surface area contributed by atoms with Gasteiger partial charge in [0.2, 0.25) is 11.8 Å². The van der Waals surface area contributed by atoms with Crippen molar-refractivity contribution in [3.63, 3.8) is 0 Å². The van der Waals surface area contributed by atoms with Crippen molar-refractivity contribution in [2.24, 2.45) is 5.41 Å². The van der Waals surface area contributed by atoms with Crippen LogP contribution in [0.1, 0.15) is 72.8 Å². The van der Waals surface area contributed by atoms with Crippen molar-refractivity contribution < 1.29 is 19.1 Å². The molecule has 0 saturated carbocycles. The summed E-state index contributed by atoms with van der Waals surface area (Å²) in [7, 11) is 1.37. The van der Waals surface area contributed by atoms with E-state index < -0.39 is 11.2 Å². The number of thiophene rings is 1. The van der Waals surface area contributed by atoms with E-state index in [-0.39, 0.29) is 17.2 Å². The first kappa shape index (κ1) is 28.9. The van der Waals surface area contributed by atoms with Crippen LogP contribution < -0.4 is 10.6 Å². The van der Waals surface area contributed by atoms with Crippen LogP contribution in [0.25, 0.3) is 0 Å². The fourth-order valence-corrected chi connectivity index (χ4v) is 7.05. The van der Waals surface area contributed by atoms with Crippen LogP contribution in [0, 0.1) is 5.41 Å². The van der Waals surface area contributed by atoms with Crippen LogP contribution in [-0.4, -0.2) is 30.1 Å². The molecule has 4 rings (SSSR count). The topological polar surface area (TPSA) is 84.5 Å². The zero-order chi connectivity index (χ0) is 28.2. The molecule has 6 nitrogen and oxygen atoms in total. The van der Waals surface area contributed by atoms with Gasteiger partial charge >= 0.3 is 5.97 Å². The quantitative estimate of drug-likeness (QED) is 0.222. The maximum absolute atomic E-state index is 13.3. The Labute approximate surface area is 238 Å². The number of carbonyl (C=O) groups is 3. The van der Waals surface area contributed by atoms with Gasteiger partial charge in [-0.3, -0.25) is 9.59 Å². The normalized spacial score (nSPS) is 15.7. The summed E-state index contributed by atoms with van der Waals surface area (Å²) in [5.74, 6) is -0.260. The molecule has 1 heterocycles. The van der Waals surface area contributed by atoms with Crippen molar-refractivity contribution >= 4 is 51.6 Å². The second-order valence-corrected chi connectivity index (χ2v) is 13.6. The van der Waals surface area contributed by atoms with Gasteiger partial charge in [0.15, 0.2) is 0 Å². The molecule has 1 aliphatic carbocycles. The van der Waals surface area contributed by atoms with E-state index in [0.717, 1.165) is 34.6 Å². The van der Waals surface area contributed by atoms with Gasteiger partial charge in [-0.2, -0.15) is 0 Å². The molecule has 8 heteroatoms. The molecule has 0 radical (unpaired) electrons. The lowest BCUT2D eigenvalue weighted by Crippen LogP contribution is -2.23. The number of carbonyl (C=O) groups excluding carboxylic acids is 3. The SMILES string of the molecule is COC(=O)c1c(NC(=O)C(C)Sc2cccc(NC(=O)CC(C)(C)C)c2)sc2c1CCC(c1ccccc1)C2. The second kappa shape index (κ2) is 12.4. The van der Waals surface area contributed by atoms with E-state index in [1.807, 2.05) is 58.0 Å². The highest BCUT2D eigenvalue weighted by Crippen LogP contribution is 2.43. The van der Waals surface area contributed by atoms with Crippen LogP contribution in [0.3, 0.4) is 0 Å². The third-order valence-corrected chi connectivity index (χ3v) is 8.92. The summed E-state index contributed by atoms with van der Waals surface area (Å²) in [5, 5.41) is 6.10. The molecule has 0 aliphatic heterocycles. The molecule has 39 heavy (non-hydrogen) atoms. The third-order valence-electron chi connectivity index (χ3n) is 6.65. The lowest BCUT2D eigenvalue weighted by atomic mass is 9.83. The van der Waals surface area contributed by atoms with Crippen LogP contribution in [0.5, 0.6) is 0 Å². The summed E-state index contributed by atoms with van der Waals surface area (Å²) in [6.45, 7) is 7.91. The van der Waals surface area contributed by atoms with E-state index in [0.29, 0.717) is 28.6 Å². The summed E-state index contributed by atoms with van der Waals surface area (Å²) >= 11 is 2.88. The first-order valence-corrected chi connectivity index (χ1v) is 14.9. The second-order valence-electron chi connectivity index (χ2n) is 11.1. The number of fused-ring (bicyclic) bond motifs is 1. The molecule has 0 fully saturated rings. The molecule has 0 saturated heterocycles. The number of nitrogens with one attached hydrogen (secondary N) is 2. The van der Waals surface area contributed by atoms with Crippen molar-refractivity contribution in [1.82, 2.24) is 0 Å². The minimum atomic E-state index is -0.424. The Balaban J connectivity index is 1.46. The van der Waals surface area contributed by atoms with E-state index >= 15 is 0 Å². The highest BCUT2D eigenvalue weighted by molar-refractivity contribution is 8.00. The fourth-order valence-electron chi connectivity index (χ4n) is 4.81. The Hall–Kier alpha value is -3.10. The van der Waals surface area contributed by atoms with Crippen LogP contribution in [0.2, 0.25) is 0 Å². The van der Waals surface area contributed by atoms with Crippen LogP contribution in [-0.2, 0) is 27.2 Å². The number of esters is 1. The highest BCUT2D eigenvalue weighted by Gasteiger charge is 2.31. The van der Waals surface area contributed by atoms with Crippen LogP contribution in [0.4, 0.5) is 10.7 Å². The van der Waals surface area contributed by atoms with Crippen LogP contribution >= 0.6 is 23.1 Å². The van der Waals surface area contributed by atoms with E-state index in [9.17, 15) is 14.4 Å². The fraction of sp³-hybridized carbons (Fsp3) is 0.387. The summed E-state index contributed by atoms with van der Waals surface area (Å²) in [4.78, 5) is 40.4. The van der Waals surface area contributed by atoms with Gasteiger partial charge < -0.3 is 15.4 Å². The lowest BCUT2D eigenvalue weighted by Gasteiger charge is -2.22. The van der Waals surface area contributed by atoms with Gasteiger partial charge in [-0.1, -0.05) is 57.2 Å². The van der Waals surface area contributed by atoms with E-state index in [2.05, 4.69) is 34.9 Å². The zero-order valence-corrected chi connectivity index (χ0v) is 24.8. The van der Waals surface area contributed by atoms with Crippen molar-refractivity contribution in [3.8, 4) is 0 Å². The molecule has 0 bridgehead atoms. The van der Waals surface area contributed by atoms with Gasteiger partial charge in [0.25, 0.3) is 0 Å². The minimum Gasteiger partial charge on any atom is -0.465 e. The van der Waals surface area contributed by atoms with Gasteiger partial charge in [-0.15, -0.1) is 23.1 Å². The monoisotopic (exact) mass is 564 g/mol. The molecule has 2 N–H and O–H groups in total. The van der Waals surface area contributed by atoms with Gasteiger partial charge in [0.1, 0.15) is 5.00 Å². The minimum absolute atomic E-state index is 0.0399. The Morgan fingerprint density at radius 2 is 1.82 bits per heavy atom. The summed E-state index contributed by atoms with van der Waals surface area (Å²) in [6.07, 6.45) is 2.97. The standard InChI is InChI=1S/C31H36N2O4S2/c1-19(38-23-13-9-12-22(17-23)32-26(34)18-31(2,3)4)28(35)33-29-27(30(36)37-5)24-15-14-21(16-25(24)39-29)20-10-7-6-8-11-20/h6-13,17,19,21H,14-16,18H2,1-5H3,(H,32,34)(H,33,35). The summed E-state index contributed by atoms with van der Waals surface area (Å²) in [6, 6.07) is 17.9. The number of amides is 2. The first-order chi connectivity index (χ1) is 18.5. The maximum Gasteiger partial charge on any atom is 0.341 e. The zero-order valence-electron chi connectivity index (χ0n) is 23.1. The van der Waals surface area contributed by atoms with Crippen molar-refractivity contribution in [3.05, 3.63) is 76.2 Å². The number of thioether (sulfide) groups is 1. The number of benzene rings is 2. The number of anilines is 2. The van der Waals surface area contributed by atoms with E-state index in [4.69, 9.17) is 4.74 Å². The lowest BCUT2D eigenvalue weighted by molar-refractivity contribution is -0.118. The number of hydrogen-bond acceptors (Lipinski definition) is 6. The summed E-state index contributed by atoms with van der Waals surface area (Å²) in [5.41, 5.74) is 3.37. The van der Waals surface area contributed by atoms with Crippen molar-refractivity contribution in [1.29, 1.82) is 0 Å². The van der Waals surface area contributed by atoms with Crippen molar-refractivity contribution in [2.45, 2.75) is 69.4 Å². The van der Waals surface area contributed by atoms with Crippen molar-refractivity contribution in [2.75, 3.05) is 17.7 Å². The maximum atomic E-state index is 13.3. The molecule has 206 valence electrons. The molecule has 0 spiro atoms. The Kier molecular flexibility index (Phi) is 9.18. The Bertz CT molecular complexity index is 1340. The molecular formula is C31H36N2O4S2. The molecule has 2 aromatic carbocycles. The third kappa shape index (κ3) is 7.51. The number of methoxy groups -OCH3 is 1.